The van der Waals surface area contributed by atoms with Crippen LogP contribution in [0.4, 0.5) is 0 Å². The van der Waals surface area contributed by atoms with E-state index in [0.717, 1.165) is 78.0 Å². The van der Waals surface area contributed by atoms with Crippen LogP contribution in [-0.4, -0.2) is 201 Å². The molecule has 0 aromatic carbocycles. The van der Waals surface area contributed by atoms with Crippen molar-refractivity contribution in [3.8, 4) is 0 Å². The number of aliphatic hydroxyl groups is 7. The van der Waals surface area contributed by atoms with Crippen LogP contribution in [0.15, 0.2) is 0 Å². The van der Waals surface area contributed by atoms with Crippen LogP contribution < -0.4 is 0 Å². The van der Waals surface area contributed by atoms with Gasteiger partial charge in [-0.15, -0.1) is 0 Å². The van der Waals surface area contributed by atoms with Crippen LogP contribution in [0, 0.1) is 5.92 Å². The average molecular weight is 857 g/mol. The van der Waals surface area contributed by atoms with Crippen LogP contribution in [-0.2, 0) is 42.6 Å². The first-order valence-corrected chi connectivity index (χ1v) is 21.8. The smallest absolute Gasteiger partial charge is 0.0701 e. The van der Waals surface area contributed by atoms with Gasteiger partial charge in [-0.1, -0.05) is 80.1 Å². The lowest BCUT2D eigenvalue weighted by Gasteiger charge is -2.05. The Morgan fingerprint density at radius 3 is 0.759 bits per heavy atom. The summed E-state index contributed by atoms with van der Waals surface area (Å²) in [5, 5.41) is 56.9. The molecule has 7 N–H and O–H groups in total. The Bertz CT molecular complexity index is 531. The summed E-state index contributed by atoms with van der Waals surface area (Å²) in [6.45, 7) is 24.0. The Morgan fingerprint density at radius 2 is 0.500 bits per heavy atom. The molecule has 0 fully saturated rings. The van der Waals surface area contributed by atoms with Crippen LogP contribution in [0.25, 0.3) is 0 Å². The molecule has 0 radical (unpaired) electrons. The number of hydrogen-bond donors (Lipinski definition) is 7. The number of rotatable bonds is 39. The highest BCUT2D eigenvalue weighted by Gasteiger charge is 1.93. The maximum atomic E-state index is 8.40. The van der Waals surface area contributed by atoms with Crippen molar-refractivity contribution in [2.24, 2.45) is 5.92 Å². The van der Waals surface area contributed by atoms with Gasteiger partial charge < -0.3 is 78.4 Å². The predicted octanol–water partition coefficient (Wildman–Crippen LogP) is 3.65. The second kappa shape index (κ2) is 80.4. The van der Waals surface area contributed by atoms with Gasteiger partial charge in [-0.2, -0.15) is 0 Å². The molecule has 0 heterocycles. The van der Waals surface area contributed by atoms with Crippen molar-refractivity contribution in [2.75, 3.05) is 165 Å². The molecule has 0 rings (SSSR count). The lowest BCUT2D eigenvalue weighted by Crippen LogP contribution is -2.11. The van der Waals surface area contributed by atoms with Gasteiger partial charge in [0.05, 0.1) is 132 Å². The minimum absolute atomic E-state index is 0.0696. The number of ether oxygens (including phenoxy) is 9. The summed E-state index contributed by atoms with van der Waals surface area (Å²) >= 11 is 0. The summed E-state index contributed by atoms with van der Waals surface area (Å²) in [6, 6.07) is 0. The van der Waals surface area contributed by atoms with E-state index < -0.39 is 0 Å². The maximum Gasteiger partial charge on any atom is 0.0701 e. The molecule has 0 saturated heterocycles. The van der Waals surface area contributed by atoms with E-state index in [1.807, 2.05) is 0 Å². The topological polar surface area (TPSA) is 225 Å². The van der Waals surface area contributed by atoms with Crippen molar-refractivity contribution in [3.63, 3.8) is 0 Å². The third kappa shape index (κ3) is 106. The first kappa shape index (κ1) is 69.1. The quantitative estimate of drug-likeness (QED) is 0.0438. The first-order valence-electron chi connectivity index (χ1n) is 21.8. The normalized spacial score (nSPS) is 10.2. The molecule has 0 bridgehead atoms. The first-order chi connectivity index (χ1) is 28.3. The van der Waals surface area contributed by atoms with E-state index in [4.69, 9.17) is 78.4 Å². The van der Waals surface area contributed by atoms with E-state index in [1.54, 1.807) is 0 Å². The predicted molar refractivity (Wildman–Crippen MR) is 231 cm³/mol. The van der Waals surface area contributed by atoms with E-state index in [-0.39, 0.29) is 46.2 Å². The number of aliphatic hydroxyl groups excluding tert-OH is 7. The van der Waals surface area contributed by atoms with Crippen molar-refractivity contribution in [3.05, 3.63) is 0 Å². The second-order valence-corrected chi connectivity index (χ2v) is 12.6. The monoisotopic (exact) mass is 857 g/mol. The van der Waals surface area contributed by atoms with E-state index in [2.05, 4.69) is 41.5 Å². The molecule has 0 unspecified atom stereocenters. The van der Waals surface area contributed by atoms with E-state index in [9.17, 15) is 0 Å². The van der Waals surface area contributed by atoms with Gasteiger partial charge in [0.15, 0.2) is 0 Å². The van der Waals surface area contributed by atoms with Crippen LogP contribution in [0.1, 0.15) is 106 Å². The zero-order valence-electron chi connectivity index (χ0n) is 38.1. The lowest BCUT2D eigenvalue weighted by molar-refractivity contribution is 0.00735. The summed E-state index contributed by atoms with van der Waals surface area (Å²) in [4.78, 5) is 0. The molecule has 0 aliphatic carbocycles. The van der Waals surface area contributed by atoms with Gasteiger partial charge in [0, 0.05) is 33.0 Å². The Kier molecular flexibility index (Phi) is 95.7. The van der Waals surface area contributed by atoms with Crippen molar-refractivity contribution < 1.29 is 78.4 Å². The largest absolute Gasteiger partial charge is 0.394 e. The van der Waals surface area contributed by atoms with Gasteiger partial charge >= 0.3 is 0 Å². The minimum atomic E-state index is -0.125. The molecule has 0 aliphatic rings. The summed E-state index contributed by atoms with van der Waals surface area (Å²) in [6.07, 6.45) is 11.8. The molecule has 58 heavy (non-hydrogen) atoms. The highest BCUT2D eigenvalue weighted by molar-refractivity contribution is 4.40. The summed E-state index contributed by atoms with van der Waals surface area (Å²) < 4.78 is 46.1. The van der Waals surface area contributed by atoms with Crippen molar-refractivity contribution in [2.45, 2.75) is 106 Å². The van der Waals surface area contributed by atoms with Gasteiger partial charge in [0.25, 0.3) is 0 Å². The van der Waals surface area contributed by atoms with Crippen LogP contribution >= 0.6 is 0 Å². The fraction of sp³-hybridized carbons (Fsp3) is 1.00. The lowest BCUT2D eigenvalue weighted by atomic mass is 10.2. The van der Waals surface area contributed by atoms with Crippen molar-refractivity contribution in [1.29, 1.82) is 0 Å². The molecule has 0 aromatic rings. The van der Waals surface area contributed by atoms with Crippen LogP contribution in [0.2, 0.25) is 0 Å². The average Bonchev–Trinajstić information content (AvgIpc) is 3.23. The van der Waals surface area contributed by atoms with E-state index >= 15 is 0 Å². The van der Waals surface area contributed by atoms with Gasteiger partial charge in [0.1, 0.15) is 0 Å². The molecule has 0 aliphatic heterocycles. The molecule has 0 atom stereocenters. The Balaban J connectivity index is -0.000000144. The van der Waals surface area contributed by atoms with Crippen LogP contribution in [0.5, 0.6) is 0 Å². The molecule has 0 spiro atoms. The van der Waals surface area contributed by atoms with Crippen molar-refractivity contribution >= 4 is 0 Å². The van der Waals surface area contributed by atoms with Gasteiger partial charge in [-0.25, -0.2) is 0 Å². The SMILES string of the molecule is CC(C)COCCO.CCCCCCOCCOCCO.CCCCOCCO.CCCCOCCOCCO.CCCCOCCOCCOCCO.OCCO. The number of unbranched alkanes of at least 4 members (excludes halogenated alkanes) is 6. The number of hydrogen-bond acceptors (Lipinski definition) is 16. The molecule has 16 heteroatoms. The molecule has 16 nitrogen and oxygen atoms in total. The van der Waals surface area contributed by atoms with Crippen LogP contribution in [0.3, 0.4) is 0 Å². The Hall–Kier alpha value is -0.640. The second-order valence-electron chi connectivity index (χ2n) is 12.6. The maximum absolute atomic E-state index is 8.40. The van der Waals surface area contributed by atoms with Gasteiger partial charge in [-0.3, -0.25) is 0 Å². The van der Waals surface area contributed by atoms with E-state index in [1.165, 1.54) is 19.3 Å². The molecule has 360 valence electrons. The third-order valence-corrected chi connectivity index (χ3v) is 6.29. The highest BCUT2D eigenvalue weighted by Crippen LogP contribution is 1.98. The van der Waals surface area contributed by atoms with Gasteiger partial charge in [0.2, 0.25) is 0 Å². The standard InChI is InChI=1S/C10H22O4.C10H22O3.C8H18O3.2C6H14O2.C2H6O2/c1-2-3-5-12-7-9-14-10-8-13-6-4-11;1-2-3-4-5-7-12-9-10-13-8-6-11;1-2-3-5-10-7-8-11-6-4-9;1-6(2)5-8-4-3-7;1-2-3-5-8-6-4-7;3-1-2-4/h11H,2-10H2,1H3;11H,2-10H2,1H3;9H,2-8H2,1H3;6-7H,3-5H2,1-2H3;7H,2-6H2,1H3;3-4H,1-2H2. The zero-order chi connectivity index (χ0) is 44.7. The molecular weight excluding hydrogens is 760 g/mol. The summed E-state index contributed by atoms with van der Waals surface area (Å²) in [7, 11) is 0. The minimum Gasteiger partial charge on any atom is -0.394 e. The van der Waals surface area contributed by atoms with Crippen molar-refractivity contribution in [1.82, 2.24) is 0 Å². The zero-order valence-corrected chi connectivity index (χ0v) is 38.1. The molecule has 0 aromatic heterocycles. The Morgan fingerprint density at radius 1 is 0.259 bits per heavy atom. The Labute approximate surface area is 354 Å². The summed E-state index contributed by atoms with van der Waals surface area (Å²) in [5.41, 5.74) is 0. The fourth-order valence-electron chi connectivity index (χ4n) is 3.30. The molecule has 0 amide bonds. The van der Waals surface area contributed by atoms with Gasteiger partial charge in [-0.05, 0) is 31.6 Å². The van der Waals surface area contributed by atoms with E-state index in [0.29, 0.717) is 91.8 Å². The fourth-order valence-corrected chi connectivity index (χ4v) is 3.30. The third-order valence-electron chi connectivity index (χ3n) is 6.29. The molecule has 0 saturated carbocycles. The molecular formula is C42H96O16. The highest BCUT2D eigenvalue weighted by atomic mass is 16.5. The summed E-state index contributed by atoms with van der Waals surface area (Å²) in [5.74, 6) is 0.571.